The normalized spacial score (nSPS) is 10.4. The smallest absolute Gasteiger partial charge is 0.223 e. The molecule has 4 rings (SSSR count). The Morgan fingerprint density at radius 3 is 2.55 bits per heavy atom. The van der Waals surface area contributed by atoms with Crippen LogP contribution >= 0.6 is 11.3 Å². The molecule has 3 heterocycles. The van der Waals surface area contributed by atoms with Crippen molar-refractivity contribution in [2.75, 3.05) is 11.9 Å². The van der Waals surface area contributed by atoms with Crippen LogP contribution in [0.15, 0.2) is 54.2 Å². The molecule has 2 N–H and O–H groups in total. The highest BCUT2D eigenvalue weighted by Gasteiger charge is 2.19. The molecule has 3 aromatic heterocycles. The van der Waals surface area contributed by atoms with Crippen LogP contribution in [-0.2, 0) is 9.59 Å². The van der Waals surface area contributed by atoms with Crippen LogP contribution in [0.25, 0.3) is 16.9 Å². The SMILES string of the molecule is CC(=O)N(C)c1cc(-c2ccnc3c(C(=O)c4cccs4)cnn23)ccc1F.CCC(N)=O. The van der Waals surface area contributed by atoms with Crippen LogP contribution in [0.4, 0.5) is 10.1 Å². The summed E-state index contributed by atoms with van der Waals surface area (Å²) in [6.45, 7) is 3.09. The number of anilines is 1. The van der Waals surface area contributed by atoms with Gasteiger partial charge in [0.05, 0.1) is 28.0 Å². The lowest BCUT2D eigenvalue weighted by Gasteiger charge is -2.17. The average molecular weight is 468 g/mol. The number of benzene rings is 1. The van der Waals surface area contributed by atoms with Crippen LogP contribution in [0, 0.1) is 5.82 Å². The van der Waals surface area contributed by atoms with E-state index in [0.717, 1.165) is 0 Å². The van der Waals surface area contributed by atoms with Gasteiger partial charge in [0.15, 0.2) is 5.65 Å². The van der Waals surface area contributed by atoms with Gasteiger partial charge in [-0.2, -0.15) is 5.10 Å². The Labute approximate surface area is 193 Å². The van der Waals surface area contributed by atoms with E-state index in [1.165, 1.54) is 42.5 Å². The zero-order chi connectivity index (χ0) is 24.1. The van der Waals surface area contributed by atoms with Gasteiger partial charge in [0.1, 0.15) is 5.82 Å². The average Bonchev–Trinajstić information content (AvgIpc) is 3.49. The number of nitrogens with two attached hydrogens (primary N) is 1. The second-order valence-electron chi connectivity index (χ2n) is 6.99. The highest BCUT2D eigenvalue weighted by molar-refractivity contribution is 7.12. The first-order valence-electron chi connectivity index (χ1n) is 9.98. The van der Waals surface area contributed by atoms with Crippen LogP contribution < -0.4 is 10.6 Å². The number of amides is 2. The van der Waals surface area contributed by atoms with E-state index in [-0.39, 0.29) is 23.3 Å². The summed E-state index contributed by atoms with van der Waals surface area (Å²) in [7, 11) is 1.51. The molecule has 10 heteroatoms. The van der Waals surface area contributed by atoms with E-state index in [2.05, 4.69) is 15.8 Å². The van der Waals surface area contributed by atoms with Gasteiger partial charge in [-0.1, -0.05) is 13.0 Å². The van der Waals surface area contributed by atoms with E-state index < -0.39 is 5.82 Å². The molecule has 0 spiro atoms. The van der Waals surface area contributed by atoms with Gasteiger partial charge in [0, 0.05) is 32.2 Å². The molecule has 0 aliphatic heterocycles. The Bertz CT molecular complexity index is 1320. The van der Waals surface area contributed by atoms with Gasteiger partial charge in [0.2, 0.25) is 17.6 Å². The van der Waals surface area contributed by atoms with Crippen LogP contribution in [-0.4, -0.2) is 39.2 Å². The van der Waals surface area contributed by atoms with Crippen molar-refractivity contribution >= 4 is 40.3 Å². The summed E-state index contributed by atoms with van der Waals surface area (Å²) in [5.41, 5.74) is 6.91. The summed E-state index contributed by atoms with van der Waals surface area (Å²) in [6, 6.07) is 9.78. The van der Waals surface area contributed by atoms with Crippen molar-refractivity contribution in [1.29, 1.82) is 0 Å². The van der Waals surface area contributed by atoms with Crippen molar-refractivity contribution in [3.8, 4) is 11.3 Å². The molecule has 0 aliphatic rings. The summed E-state index contributed by atoms with van der Waals surface area (Å²) in [6.07, 6.45) is 3.51. The van der Waals surface area contributed by atoms with E-state index in [9.17, 15) is 18.8 Å². The Hall–Kier alpha value is -3.92. The maximum Gasteiger partial charge on any atom is 0.223 e. The van der Waals surface area contributed by atoms with Crippen molar-refractivity contribution in [3.05, 3.63) is 70.4 Å². The largest absolute Gasteiger partial charge is 0.370 e. The number of hydrogen-bond donors (Lipinski definition) is 1. The second-order valence-corrected chi connectivity index (χ2v) is 7.94. The number of primary amides is 1. The molecule has 0 unspecified atom stereocenters. The number of carbonyl (C=O) groups is 3. The second kappa shape index (κ2) is 10.1. The molecule has 33 heavy (non-hydrogen) atoms. The molecule has 0 radical (unpaired) electrons. The fraction of sp³-hybridized carbons (Fsp3) is 0.174. The van der Waals surface area contributed by atoms with Gasteiger partial charge in [-0.15, -0.1) is 11.3 Å². The quantitative estimate of drug-likeness (QED) is 0.450. The summed E-state index contributed by atoms with van der Waals surface area (Å²) < 4.78 is 15.8. The van der Waals surface area contributed by atoms with Crippen molar-refractivity contribution in [2.45, 2.75) is 20.3 Å². The van der Waals surface area contributed by atoms with Crippen molar-refractivity contribution in [1.82, 2.24) is 14.6 Å². The molecule has 0 saturated carbocycles. The fourth-order valence-corrected chi connectivity index (χ4v) is 3.59. The van der Waals surface area contributed by atoms with Gasteiger partial charge >= 0.3 is 0 Å². The molecular formula is C23H22FN5O3S. The minimum absolute atomic E-state index is 0.147. The summed E-state index contributed by atoms with van der Waals surface area (Å²) in [4.78, 5) is 40.1. The number of halogens is 1. The summed E-state index contributed by atoms with van der Waals surface area (Å²) >= 11 is 1.35. The zero-order valence-corrected chi connectivity index (χ0v) is 19.1. The van der Waals surface area contributed by atoms with E-state index in [1.807, 2.05) is 11.4 Å². The summed E-state index contributed by atoms with van der Waals surface area (Å²) in [5, 5.41) is 6.16. The predicted molar refractivity (Wildman–Crippen MR) is 125 cm³/mol. The first kappa shape index (κ1) is 23.7. The van der Waals surface area contributed by atoms with Crippen molar-refractivity contribution in [2.24, 2.45) is 5.73 Å². The van der Waals surface area contributed by atoms with Crippen LogP contribution in [0.5, 0.6) is 0 Å². The third-order valence-corrected chi connectivity index (χ3v) is 5.68. The number of ketones is 1. The number of carbonyl (C=O) groups excluding carboxylic acids is 3. The highest BCUT2D eigenvalue weighted by atomic mass is 32.1. The molecule has 2 amide bonds. The Morgan fingerprint density at radius 1 is 1.21 bits per heavy atom. The number of rotatable bonds is 5. The topological polar surface area (TPSA) is 111 Å². The van der Waals surface area contributed by atoms with E-state index in [4.69, 9.17) is 0 Å². The van der Waals surface area contributed by atoms with Crippen molar-refractivity contribution < 1.29 is 18.8 Å². The van der Waals surface area contributed by atoms with Gasteiger partial charge in [-0.05, 0) is 35.7 Å². The van der Waals surface area contributed by atoms with Gasteiger partial charge < -0.3 is 10.6 Å². The lowest BCUT2D eigenvalue weighted by molar-refractivity contribution is -0.118. The molecule has 0 aliphatic carbocycles. The fourth-order valence-electron chi connectivity index (χ4n) is 2.91. The minimum atomic E-state index is -0.499. The molecular weight excluding hydrogens is 445 g/mol. The number of fused-ring (bicyclic) bond motifs is 1. The van der Waals surface area contributed by atoms with Crippen LogP contribution in [0.3, 0.4) is 0 Å². The maximum absolute atomic E-state index is 14.2. The molecule has 0 saturated heterocycles. The number of aromatic nitrogens is 3. The standard InChI is InChI=1S/C20H15FN4O2S.C3H7NO/c1-12(26)24(2)17-10-13(5-6-15(17)21)16-7-8-22-20-14(11-23-25(16)20)19(27)18-4-3-9-28-18;1-2-3(4)5/h3-11H,1-2H3;2H2,1H3,(H2,4,5). The van der Waals surface area contributed by atoms with Crippen molar-refractivity contribution in [3.63, 3.8) is 0 Å². The number of thiophene rings is 1. The lowest BCUT2D eigenvalue weighted by atomic mass is 10.1. The Kier molecular flexibility index (Phi) is 7.29. The molecule has 0 fully saturated rings. The minimum Gasteiger partial charge on any atom is -0.370 e. The molecule has 4 aromatic rings. The zero-order valence-electron chi connectivity index (χ0n) is 18.3. The first-order valence-corrected chi connectivity index (χ1v) is 10.9. The van der Waals surface area contributed by atoms with E-state index in [1.54, 1.807) is 41.9 Å². The lowest BCUT2D eigenvalue weighted by Crippen LogP contribution is -2.23. The number of nitrogens with zero attached hydrogens (tertiary/aromatic N) is 4. The predicted octanol–water partition coefficient (Wildman–Crippen LogP) is 3.69. The third-order valence-electron chi connectivity index (χ3n) is 4.81. The molecule has 1 aromatic carbocycles. The molecule has 0 atom stereocenters. The molecule has 0 bridgehead atoms. The summed E-state index contributed by atoms with van der Waals surface area (Å²) in [5.74, 6) is -1.17. The number of hydrogen-bond acceptors (Lipinski definition) is 6. The van der Waals surface area contributed by atoms with Gasteiger partial charge in [-0.3, -0.25) is 14.4 Å². The Balaban J connectivity index is 0.000000555. The van der Waals surface area contributed by atoms with Crippen LogP contribution in [0.1, 0.15) is 35.5 Å². The van der Waals surface area contributed by atoms with Gasteiger partial charge in [-0.25, -0.2) is 13.9 Å². The highest BCUT2D eigenvalue weighted by Crippen LogP contribution is 2.28. The van der Waals surface area contributed by atoms with Gasteiger partial charge in [0.25, 0.3) is 0 Å². The first-order chi connectivity index (χ1) is 15.7. The monoisotopic (exact) mass is 467 g/mol. The molecule has 170 valence electrons. The molecule has 8 nitrogen and oxygen atoms in total. The van der Waals surface area contributed by atoms with Crippen LogP contribution in [0.2, 0.25) is 0 Å². The maximum atomic E-state index is 14.2. The van der Waals surface area contributed by atoms with E-state index in [0.29, 0.717) is 33.8 Å². The third kappa shape index (κ3) is 5.12. The Morgan fingerprint density at radius 2 is 1.94 bits per heavy atom. The van der Waals surface area contributed by atoms with E-state index >= 15 is 0 Å².